The highest BCUT2D eigenvalue weighted by atomic mass is 79.9. The zero-order valence-electron chi connectivity index (χ0n) is 10.2. The summed E-state index contributed by atoms with van der Waals surface area (Å²) in [6.45, 7) is 0. The second-order valence-corrected chi connectivity index (χ2v) is 6.52. The number of aliphatic hydroxyl groups is 1. The summed E-state index contributed by atoms with van der Waals surface area (Å²) in [6.07, 6.45) is 3.27. The van der Waals surface area contributed by atoms with Crippen molar-refractivity contribution < 1.29 is 5.11 Å². The number of aromatic nitrogens is 1. The van der Waals surface area contributed by atoms with E-state index in [1.54, 1.807) is 6.20 Å². The van der Waals surface area contributed by atoms with Gasteiger partial charge in [-0.25, -0.2) is 0 Å². The molecular formula is C15H13Br2NO. The van der Waals surface area contributed by atoms with Crippen molar-refractivity contribution in [1.29, 1.82) is 0 Å². The molecule has 1 aliphatic rings. The largest absolute Gasteiger partial charge is 0.388 e. The summed E-state index contributed by atoms with van der Waals surface area (Å²) in [5.41, 5.74) is 3.25. The van der Waals surface area contributed by atoms with E-state index in [0.717, 1.165) is 33.0 Å². The van der Waals surface area contributed by atoms with Crippen molar-refractivity contribution in [1.82, 2.24) is 4.98 Å². The lowest BCUT2D eigenvalue weighted by atomic mass is 9.93. The predicted octanol–water partition coefficient (Wildman–Crippen LogP) is 4.37. The predicted molar refractivity (Wildman–Crippen MR) is 82.1 cm³/mol. The number of aliphatic hydroxyl groups excluding tert-OH is 1. The zero-order chi connectivity index (χ0) is 13.4. The highest BCUT2D eigenvalue weighted by Crippen LogP contribution is 2.41. The third-order valence-electron chi connectivity index (χ3n) is 3.67. The molecule has 0 spiro atoms. The van der Waals surface area contributed by atoms with Gasteiger partial charge in [-0.15, -0.1) is 0 Å². The van der Waals surface area contributed by atoms with Crippen LogP contribution in [0.2, 0.25) is 0 Å². The molecule has 1 aliphatic carbocycles. The molecule has 2 nitrogen and oxygen atoms in total. The first kappa shape index (κ1) is 13.3. The van der Waals surface area contributed by atoms with Gasteiger partial charge in [0.15, 0.2) is 0 Å². The van der Waals surface area contributed by atoms with Gasteiger partial charge >= 0.3 is 0 Å². The molecule has 0 bridgehead atoms. The van der Waals surface area contributed by atoms with Gasteiger partial charge in [0.2, 0.25) is 0 Å². The van der Waals surface area contributed by atoms with E-state index in [9.17, 15) is 5.11 Å². The van der Waals surface area contributed by atoms with E-state index in [1.807, 2.05) is 24.3 Å². The minimum absolute atomic E-state index is 0.101. The highest BCUT2D eigenvalue weighted by Gasteiger charge is 2.30. The molecular weight excluding hydrogens is 370 g/mol. The van der Waals surface area contributed by atoms with Gasteiger partial charge in [-0.3, -0.25) is 4.98 Å². The van der Waals surface area contributed by atoms with Crippen molar-refractivity contribution in [3.05, 3.63) is 62.3 Å². The number of hydrogen-bond acceptors (Lipinski definition) is 2. The van der Waals surface area contributed by atoms with Crippen molar-refractivity contribution in [3.63, 3.8) is 0 Å². The molecule has 2 atom stereocenters. The van der Waals surface area contributed by atoms with E-state index in [4.69, 9.17) is 0 Å². The Bertz CT molecular complexity index is 615. The average Bonchev–Trinajstić information content (AvgIpc) is 2.85. The Hall–Kier alpha value is -0.710. The lowest BCUT2D eigenvalue weighted by Gasteiger charge is -2.19. The van der Waals surface area contributed by atoms with Crippen LogP contribution in [0.4, 0.5) is 0 Å². The molecule has 0 radical (unpaired) electrons. The Labute approximate surface area is 129 Å². The molecule has 1 aromatic heterocycles. The molecule has 2 unspecified atom stereocenters. The summed E-state index contributed by atoms with van der Waals surface area (Å²) in [5, 5.41) is 10.6. The maximum Gasteiger partial charge on any atom is 0.0874 e. The van der Waals surface area contributed by atoms with Crippen molar-refractivity contribution in [2.75, 3.05) is 0 Å². The molecule has 1 aromatic carbocycles. The smallest absolute Gasteiger partial charge is 0.0874 e. The van der Waals surface area contributed by atoms with E-state index >= 15 is 0 Å². The summed E-state index contributed by atoms with van der Waals surface area (Å²) < 4.78 is 1.96. The van der Waals surface area contributed by atoms with Crippen LogP contribution in [-0.4, -0.2) is 10.1 Å². The summed E-state index contributed by atoms with van der Waals surface area (Å²) in [5.74, 6) is 0.101. The van der Waals surface area contributed by atoms with E-state index < -0.39 is 6.10 Å². The monoisotopic (exact) mass is 381 g/mol. The quantitative estimate of drug-likeness (QED) is 0.836. The normalized spacial score (nSPS) is 19.2. The number of nitrogens with zero attached hydrogens (tertiary/aromatic N) is 1. The van der Waals surface area contributed by atoms with E-state index in [0.29, 0.717) is 0 Å². The summed E-state index contributed by atoms with van der Waals surface area (Å²) in [7, 11) is 0. The van der Waals surface area contributed by atoms with Crippen LogP contribution in [0.1, 0.15) is 35.3 Å². The third kappa shape index (κ3) is 2.49. The molecule has 4 heteroatoms. The summed E-state index contributed by atoms with van der Waals surface area (Å²) in [6, 6.07) is 9.95. The minimum atomic E-state index is -0.499. The standard InChI is InChI=1S/C15H13Br2NO/c16-12-6-4-10(8-13(12)17)15(19)11-5-3-9-2-1-7-18-14(9)11/h1-2,4,6-8,11,15,19H,3,5H2. The SMILES string of the molecule is OC(c1ccc(Br)c(Br)c1)C1CCc2cccnc21. The molecule has 0 fully saturated rings. The van der Waals surface area contributed by atoms with Crippen LogP contribution < -0.4 is 0 Å². The fourth-order valence-electron chi connectivity index (χ4n) is 2.68. The maximum absolute atomic E-state index is 10.6. The summed E-state index contributed by atoms with van der Waals surface area (Å²) >= 11 is 6.93. The number of halogens is 2. The molecule has 0 amide bonds. The molecule has 98 valence electrons. The molecule has 0 saturated carbocycles. The van der Waals surface area contributed by atoms with Gasteiger partial charge in [-0.2, -0.15) is 0 Å². The molecule has 0 saturated heterocycles. The van der Waals surface area contributed by atoms with Crippen LogP contribution in [0.15, 0.2) is 45.5 Å². The van der Waals surface area contributed by atoms with Crippen molar-refractivity contribution in [3.8, 4) is 0 Å². The van der Waals surface area contributed by atoms with Crippen LogP contribution >= 0.6 is 31.9 Å². The number of pyridine rings is 1. The van der Waals surface area contributed by atoms with Gasteiger partial charge < -0.3 is 5.11 Å². The second kappa shape index (κ2) is 5.35. The molecule has 2 aromatic rings. The Balaban J connectivity index is 1.93. The third-order valence-corrected chi connectivity index (χ3v) is 5.55. The Kier molecular flexibility index (Phi) is 3.74. The topological polar surface area (TPSA) is 33.1 Å². The lowest BCUT2D eigenvalue weighted by molar-refractivity contribution is 0.143. The van der Waals surface area contributed by atoms with E-state index in [-0.39, 0.29) is 5.92 Å². The van der Waals surface area contributed by atoms with Crippen molar-refractivity contribution in [2.24, 2.45) is 0 Å². The average molecular weight is 383 g/mol. The minimum Gasteiger partial charge on any atom is -0.388 e. The molecule has 1 heterocycles. The fraction of sp³-hybridized carbons (Fsp3) is 0.267. The maximum atomic E-state index is 10.6. The highest BCUT2D eigenvalue weighted by molar-refractivity contribution is 9.13. The Morgan fingerprint density at radius 3 is 2.84 bits per heavy atom. The van der Waals surface area contributed by atoms with Crippen LogP contribution in [0, 0.1) is 0 Å². The van der Waals surface area contributed by atoms with Crippen molar-refractivity contribution in [2.45, 2.75) is 24.9 Å². The number of fused-ring (bicyclic) bond motifs is 1. The van der Waals surface area contributed by atoms with Crippen LogP contribution in [-0.2, 0) is 6.42 Å². The number of aryl methyl sites for hydroxylation is 1. The van der Waals surface area contributed by atoms with Crippen molar-refractivity contribution >= 4 is 31.9 Å². The molecule has 19 heavy (non-hydrogen) atoms. The van der Waals surface area contributed by atoms with Crippen LogP contribution in [0.3, 0.4) is 0 Å². The number of benzene rings is 1. The van der Waals surface area contributed by atoms with Gasteiger partial charge in [-0.1, -0.05) is 12.1 Å². The molecule has 0 aliphatic heterocycles. The van der Waals surface area contributed by atoms with Gasteiger partial charge in [0.05, 0.1) is 6.10 Å². The zero-order valence-corrected chi connectivity index (χ0v) is 13.4. The molecule has 1 N–H and O–H groups in total. The van der Waals surface area contributed by atoms with Crippen LogP contribution in [0.25, 0.3) is 0 Å². The second-order valence-electron chi connectivity index (χ2n) is 4.81. The first-order valence-electron chi connectivity index (χ1n) is 6.23. The first-order chi connectivity index (χ1) is 9.16. The van der Waals surface area contributed by atoms with Gasteiger partial charge in [0.1, 0.15) is 0 Å². The van der Waals surface area contributed by atoms with Gasteiger partial charge in [0.25, 0.3) is 0 Å². The first-order valence-corrected chi connectivity index (χ1v) is 7.82. The Morgan fingerprint density at radius 1 is 1.21 bits per heavy atom. The van der Waals surface area contributed by atoms with Gasteiger partial charge in [-0.05, 0) is 74.0 Å². The molecule has 3 rings (SSSR count). The number of rotatable bonds is 2. The Morgan fingerprint density at radius 2 is 2.05 bits per heavy atom. The van der Waals surface area contributed by atoms with Crippen LogP contribution in [0.5, 0.6) is 0 Å². The summed E-state index contributed by atoms with van der Waals surface area (Å²) in [4.78, 5) is 4.45. The van der Waals surface area contributed by atoms with Gasteiger partial charge in [0, 0.05) is 26.8 Å². The fourth-order valence-corrected chi connectivity index (χ4v) is 3.32. The van der Waals surface area contributed by atoms with E-state index in [2.05, 4.69) is 42.9 Å². The lowest BCUT2D eigenvalue weighted by Crippen LogP contribution is -2.09. The van der Waals surface area contributed by atoms with E-state index in [1.165, 1.54) is 5.56 Å². The number of hydrogen-bond donors (Lipinski definition) is 1.